The highest BCUT2D eigenvalue weighted by molar-refractivity contribution is 7.95. The molecule has 1 unspecified atom stereocenters. The Balaban J connectivity index is 1.65. The normalized spacial score (nSPS) is 23.4. The Kier molecular flexibility index (Phi) is 4.70. The van der Waals surface area contributed by atoms with Crippen LogP contribution in [-0.2, 0) is 14.6 Å². The summed E-state index contributed by atoms with van der Waals surface area (Å²) in [6.07, 6.45) is 2.34. The first-order chi connectivity index (χ1) is 11.0. The van der Waals surface area contributed by atoms with Crippen LogP contribution in [0.5, 0.6) is 0 Å². The highest BCUT2D eigenvalue weighted by Gasteiger charge is 2.37. The van der Waals surface area contributed by atoms with E-state index in [4.69, 9.17) is 0 Å². The molecular weight excluding hydrogens is 314 g/mol. The number of hydrogen-bond acceptors (Lipinski definition) is 3. The number of urea groups is 1. The van der Waals surface area contributed by atoms with Gasteiger partial charge in [0.2, 0.25) is 0 Å². The molecule has 0 radical (unpaired) electrons. The third kappa shape index (κ3) is 3.41. The standard InChI is InChI=1S/C16H23N3O3S/c1-13-3-5-15(6-4-13)23(21,22)18-11-7-14(8-12-18)19-10-2-9-17-16(19)20/h3-6,14H,2,7-12H2,1H3,(H-,17,20,21,22). The lowest BCUT2D eigenvalue weighted by atomic mass is 10.0. The first-order valence-corrected chi connectivity index (χ1v) is 9.54. The molecule has 2 saturated heterocycles. The van der Waals surface area contributed by atoms with Crippen molar-refractivity contribution in [2.24, 2.45) is 0 Å². The molecule has 0 aliphatic carbocycles. The SMILES string of the molecule is Cc1ccc([S+](=O)([O-])N2CCC(N3CCCNC3=O)CC2)cc1. The second kappa shape index (κ2) is 6.59. The maximum absolute atomic E-state index is 12.7. The molecular formula is C16H23N3O3S. The number of benzene rings is 1. The van der Waals surface area contributed by atoms with Gasteiger partial charge in [-0.1, -0.05) is 21.9 Å². The minimum absolute atomic E-state index is 0.0175. The van der Waals surface area contributed by atoms with Crippen LogP contribution in [0.3, 0.4) is 0 Å². The maximum atomic E-state index is 12.7. The molecule has 2 fully saturated rings. The predicted molar refractivity (Wildman–Crippen MR) is 87.6 cm³/mol. The number of hydrogen-bond donors (Lipinski definition) is 1. The van der Waals surface area contributed by atoms with Gasteiger partial charge in [0, 0.05) is 32.2 Å². The van der Waals surface area contributed by atoms with E-state index in [9.17, 15) is 13.6 Å². The van der Waals surface area contributed by atoms with Crippen LogP contribution < -0.4 is 5.32 Å². The molecule has 3 rings (SSSR count). The summed E-state index contributed by atoms with van der Waals surface area (Å²) in [5, 5.41) is 2.86. The smallest absolute Gasteiger partial charge is 0.317 e. The Morgan fingerprint density at radius 2 is 1.83 bits per heavy atom. The van der Waals surface area contributed by atoms with E-state index in [1.165, 1.54) is 4.31 Å². The highest BCUT2D eigenvalue weighted by Crippen LogP contribution is 2.27. The van der Waals surface area contributed by atoms with Crippen LogP contribution in [0, 0.1) is 6.92 Å². The van der Waals surface area contributed by atoms with Crippen LogP contribution in [0.15, 0.2) is 29.2 Å². The average Bonchev–Trinajstić information content (AvgIpc) is 2.56. The molecule has 2 heterocycles. The van der Waals surface area contributed by atoms with E-state index in [1.54, 1.807) is 12.1 Å². The monoisotopic (exact) mass is 337 g/mol. The summed E-state index contributed by atoms with van der Waals surface area (Å²) in [7, 11) is -3.43. The highest BCUT2D eigenvalue weighted by atomic mass is 32.3. The van der Waals surface area contributed by atoms with Crippen LogP contribution >= 0.6 is 0 Å². The first kappa shape index (κ1) is 16.4. The Morgan fingerprint density at radius 3 is 2.43 bits per heavy atom. The van der Waals surface area contributed by atoms with Crippen molar-refractivity contribution in [1.29, 1.82) is 0 Å². The second-order valence-corrected chi connectivity index (χ2v) is 8.17. The largest absolute Gasteiger partial charge is 0.593 e. The van der Waals surface area contributed by atoms with Gasteiger partial charge in [-0.25, -0.2) is 4.79 Å². The van der Waals surface area contributed by atoms with Crippen molar-refractivity contribution in [3.63, 3.8) is 0 Å². The van der Waals surface area contributed by atoms with Crippen LogP contribution in [0.4, 0.5) is 4.79 Å². The van der Waals surface area contributed by atoms with E-state index in [1.807, 2.05) is 24.0 Å². The lowest BCUT2D eigenvalue weighted by Gasteiger charge is -2.40. The zero-order valence-electron chi connectivity index (χ0n) is 13.4. The van der Waals surface area contributed by atoms with Gasteiger partial charge in [0.15, 0.2) is 15.3 Å². The van der Waals surface area contributed by atoms with Gasteiger partial charge < -0.3 is 14.8 Å². The molecule has 126 valence electrons. The summed E-state index contributed by atoms with van der Waals surface area (Å²) in [5.74, 6) is 0. The van der Waals surface area contributed by atoms with E-state index in [0.717, 1.165) is 25.1 Å². The number of amides is 2. The van der Waals surface area contributed by atoms with Gasteiger partial charge in [-0.15, -0.1) is 4.31 Å². The zero-order valence-corrected chi connectivity index (χ0v) is 14.2. The van der Waals surface area contributed by atoms with E-state index in [2.05, 4.69) is 5.32 Å². The van der Waals surface area contributed by atoms with Crippen molar-refractivity contribution in [1.82, 2.24) is 14.5 Å². The number of rotatable bonds is 3. The number of sulfonamides is 1. The maximum Gasteiger partial charge on any atom is 0.317 e. The number of carbonyl (C=O) groups is 1. The van der Waals surface area contributed by atoms with Gasteiger partial charge >= 0.3 is 6.03 Å². The van der Waals surface area contributed by atoms with Crippen molar-refractivity contribution in [2.75, 3.05) is 26.2 Å². The van der Waals surface area contributed by atoms with Crippen LogP contribution in [0.2, 0.25) is 0 Å². The molecule has 1 aromatic rings. The van der Waals surface area contributed by atoms with Gasteiger partial charge in [-0.3, -0.25) is 0 Å². The molecule has 7 heteroatoms. The van der Waals surface area contributed by atoms with Gasteiger partial charge in [-0.05, 0) is 38.3 Å². The molecule has 2 amide bonds. The van der Waals surface area contributed by atoms with E-state index in [-0.39, 0.29) is 12.1 Å². The zero-order chi connectivity index (χ0) is 16.4. The summed E-state index contributed by atoms with van der Waals surface area (Å²) in [6, 6.07) is 7.08. The first-order valence-electron chi connectivity index (χ1n) is 8.10. The van der Waals surface area contributed by atoms with Gasteiger partial charge in [0.25, 0.3) is 0 Å². The van der Waals surface area contributed by atoms with E-state index < -0.39 is 10.4 Å². The van der Waals surface area contributed by atoms with Crippen LogP contribution in [0.1, 0.15) is 24.8 Å². The molecule has 1 aromatic carbocycles. The van der Waals surface area contributed by atoms with Crippen molar-refractivity contribution < 1.29 is 13.6 Å². The Hall–Kier alpha value is -1.44. The van der Waals surface area contributed by atoms with Crippen LogP contribution in [-0.4, -0.2) is 52.0 Å². The molecule has 0 bridgehead atoms. The Morgan fingerprint density at radius 1 is 1.17 bits per heavy atom. The number of carbonyl (C=O) groups excluding carboxylic acids is 1. The van der Waals surface area contributed by atoms with Gasteiger partial charge in [0.05, 0.1) is 0 Å². The van der Waals surface area contributed by atoms with E-state index >= 15 is 0 Å². The third-order valence-corrected chi connectivity index (χ3v) is 6.55. The summed E-state index contributed by atoms with van der Waals surface area (Å²) in [6.45, 7) is 4.36. The second-order valence-electron chi connectivity index (χ2n) is 6.23. The molecule has 1 N–H and O–H groups in total. The summed E-state index contributed by atoms with van der Waals surface area (Å²) in [5.41, 5.74) is 1.04. The molecule has 23 heavy (non-hydrogen) atoms. The van der Waals surface area contributed by atoms with Crippen molar-refractivity contribution >= 4 is 16.4 Å². The number of aryl methyl sites for hydroxylation is 1. The van der Waals surface area contributed by atoms with Gasteiger partial charge in [-0.2, -0.15) is 0 Å². The minimum Gasteiger partial charge on any atom is -0.593 e. The molecule has 2 aliphatic rings. The lowest BCUT2D eigenvalue weighted by Crippen LogP contribution is -2.55. The third-order valence-electron chi connectivity index (χ3n) is 4.64. The van der Waals surface area contributed by atoms with E-state index in [0.29, 0.717) is 30.8 Å². The van der Waals surface area contributed by atoms with Crippen molar-refractivity contribution in [2.45, 2.75) is 37.1 Å². The Bertz CT molecular complexity index is 612. The molecule has 0 spiro atoms. The fraction of sp³-hybridized carbons (Fsp3) is 0.562. The average molecular weight is 337 g/mol. The van der Waals surface area contributed by atoms with Crippen molar-refractivity contribution in [3.05, 3.63) is 29.8 Å². The molecule has 2 aliphatic heterocycles. The number of nitrogens with zero attached hydrogens (tertiary/aromatic N) is 2. The fourth-order valence-corrected chi connectivity index (χ4v) is 4.72. The molecule has 6 nitrogen and oxygen atoms in total. The Labute approximate surface area is 138 Å². The molecule has 1 atom stereocenters. The molecule has 0 aromatic heterocycles. The number of piperidine rings is 1. The fourth-order valence-electron chi connectivity index (χ4n) is 3.25. The summed E-state index contributed by atoms with van der Waals surface area (Å²) in [4.78, 5) is 14.1. The van der Waals surface area contributed by atoms with Gasteiger partial charge in [0.1, 0.15) is 0 Å². The predicted octanol–water partition coefficient (Wildman–Crippen LogP) is 1.78. The minimum atomic E-state index is -3.43. The quantitative estimate of drug-likeness (QED) is 0.854. The summed E-state index contributed by atoms with van der Waals surface area (Å²) < 4.78 is 26.9. The molecule has 0 saturated carbocycles. The topological polar surface area (TPSA) is 75.7 Å². The van der Waals surface area contributed by atoms with Crippen molar-refractivity contribution in [3.8, 4) is 0 Å². The summed E-state index contributed by atoms with van der Waals surface area (Å²) >= 11 is 0. The van der Waals surface area contributed by atoms with Crippen LogP contribution in [0.25, 0.3) is 0 Å². The lowest BCUT2D eigenvalue weighted by molar-refractivity contribution is 0.132. The number of nitrogens with one attached hydrogen (secondary N) is 1.